The summed E-state index contributed by atoms with van der Waals surface area (Å²) in [5.41, 5.74) is 2.11. The summed E-state index contributed by atoms with van der Waals surface area (Å²) >= 11 is 0. The number of aliphatic hydroxyl groups excluding tert-OH is 1. The highest BCUT2D eigenvalue weighted by Gasteiger charge is 2.11. The van der Waals surface area contributed by atoms with Crippen LogP contribution in [0.1, 0.15) is 18.1 Å². The highest BCUT2D eigenvalue weighted by Crippen LogP contribution is 2.33. The Kier molecular flexibility index (Phi) is 3.97. The molecule has 0 amide bonds. The van der Waals surface area contributed by atoms with Gasteiger partial charge in [0.2, 0.25) is 0 Å². The maximum absolute atomic E-state index is 9.35. The highest BCUT2D eigenvalue weighted by molar-refractivity contribution is 5.50. The summed E-state index contributed by atoms with van der Waals surface area (Å²) in [5, 5.41) is 9.35. The van der Waals surface area contributed by atoms with Crippen LogP contribution in [-0.2, 0) is 6.42 Å². The van der Waals surface area contributed by atoms with Crippen molar-refractivity contribution in [1.82, 2.24) is 0 Å². The first kappa shape index (κ1) is 11.9. The van der Waals surface area contributed by atoms with Crippen molar-refractivity contribution in [2.45, 2.75) is 26.4 Å². The predicted octanol–water partition coefficient (Wildman–Crippen LogP) is 1.94. The highest BCUT2D eigenvalue weighted by atomic mass is 16.5. The normalized spacial score (nSPS) is 12.3. The van der Waals surface area contributed by atoms with E-state index < -0.39 is 0 Å². The molecule has 0 aliphatic carbocycles. The molecule has 3 nitrogen and oxygen atoms in total. The molecule has 3 heteroatoms. The minimum atomic E-state index is -0.346. The van der Waals surface area contributed by atoms with Crippen LogP contribution in [0.3, 0.4) is 0 Å². The second-order valence-corrected chi connectivity index (χ2v) is 3.64. The summed E-state index contributed by atoms with van der Waals surface area (Å²) < 4.78 is 10.5. The third kappa shape index (κ3) is 2.63. The van der Waals surface area contributed by atoms with Gasteiger partial charge in [-0.2, -0.15) is 0 Å². The van der Waals surface area contributed by atoms with Crippen molar-refractivity contribution >= 4 is 0 Å². The van der Waals surface area contributed by atoms with Gasteiger partial charge in [-0.1, -0.05) is 6.07 Å². The molecule has 1 atom stereocenters. The zero-order valence-corrected chi connectivity index (χ0v) is 9.70. The van der Waals surface area contributed by atoms with Crippen molar-refractivity contribution in [2.75, 3.05) is 14.2 Å². The Morgan fingerprint density at radius 2 is 1.93 bits per heavy atom. The monoisotopic (exact) mass is 210 g/mol. The fourth-order valence-corrected chi connectivity index (χ4v) is 1.66. The van der Waals surface area contributed by atoms with Gasteiger partial charge in [-0.05, 0) is 37.5 Å². The summed E-state index contributed by atoms with van der Waals surface area (Å²) in [7, 11) is 3.24. The third-order valence-corrected chi connectivity index (χ3v) is 2.42. The van der Waals surface area contributed by atoms with Gasteiger partial charge >= 0.3 is 0 Å². The molecule has 15 heavy (non-hydrogen) atoms. The van der Waals surface area contributed by atoms with E-state index in [0.717, 1.165) is 22.6 Å². The molecule has 0 unspecified atom stereocenters. The summed E-state index contributed by atoms with van der Waals surface area (Å²) in [4.78, 5) is 0. The van der Waals surface area contributed by atoms with E-state index in [1.54, 1.807) is 21.1 Å². The molecule has 0 heterocycles. The standard InChI is InChI=1S/C12H18O3/c1-8(13)7-10-5-6-11(14-3)12(15-4)9(10)2/h5-6,8,13H,7H2,1-4H3/t8-/m0/s1. The van der Waals surface area contributed by atoms with Gasteiger partial charge in [0.1, 0.15) is 0 Å². The summed E-state index contributed by atoms with van der Waals surface area (Å²) in [6.45, 7) is 3.75. The Morgan fingerprint density at radius 3 is 2.40 bits per heavy atom. The van der Waals surface area contributed by atoms with Gasteiger partial charge in [-0.25, -0.2) is 0 Å². The molecule has 0 fully saturated rings. The van der Waals surface area contributed by atoms with Crippen molar-refractivity contribution in [1.29, 1.82) is 0 Å². The van der Waals surface area contributed by atoms with Gasteiger partial charge in [-0.3, -0.25) is 0 Å². The quantitative estimate of drug-likeness (QED) is 0.825. The van der Waals surface area contributed by atoms with Crippen molar-refractivity contribution in [3.63, 3.8) is 0 Å². The molecule has 0 spiro atoms. The Hall–Kier alpha value is -1.22. The molecule has 1 N–H and O–H groups in total. The fraction of sp³-hybridized carbons (Fsp3) is 0.500. The number of rotatable bonds is 4. The SMILES string of the molecule is COc1ccc(C[C@H](C)O)c(C)c1OC. The van der Waals surface area contributed by atoms with E-state index in [4.69, 9.17) is 9.47 Å². The second-order valence-electron chi connectivity index (χ2n) is 3.64. The van der Waals surface area contributed by atoms with Crippen molar-refractivity contribution in [3.8, 4) is 11.5 Å². The third-order valence-electron chi connectivity index (χ3n) is 2.42. The van der Waals surface area contributed by atoms with E-state index in [1.165, 1.54) is 0 Å². The summed E-state index contributed by atoms with van der Waals surface area (Å²) in [6.07, 6.45) is 0.286. The number of benzene rings is 1. The Labute approximate surface area is 90.6 Å². The molecule has 0 radical (unpaired) electrons. The molecule has 0 aliphatic heterocycles. The van der Waals surface area contributed by atoms with Crippen LogP contribution in [-0.4, -0.2) is 25.4 Å². The van der Waals surface area contributed by atoms with E-state index in [1.807, 2.05) is 19.1 Å². The van der Waals surface area contributed by atoms with Crippen LogP contribution >= 0.6 is 0 Å². The Bertz CT molecular complexity index is 332. The number of hydrogen-bond donors (Lipinski definition) is 1. The first-order valence-electron chi connectivity index (χ1n) is 4.98. The van der Waals surface area contributed by atoms with E-state index in [-0.39, 0.29) is 6.10 Å². The van der Waals surface area contributed by atoms with Gasteiger partial charge in [0.15, 0.2) is 11.5 Å². The molecule has 0 saturated carbocycles. The van der Waals surface area contributed by atoms with Crippen LogP contribution in [0.5, 0.6) is 11.5 Å². The van der Waals surface area contributed by atoms with E-state index in [2.05, 4.69) is 0 Å². The maximum atomic E-state index is 9.35. The molecule has 1 rings (SSSR count). The molecule has 0 bridgehead atoms. The topological polar surface area (TPSA) is 38.7 Å². The molecule has 1 aromatic rings. The Morgan fingerprint density at radius 1 is 1.27 bits per heavy atom. The smallest absolute Gasteiger partial charge is 0.163 e. The molecule has 0 aliphatic rings. The lowest BCUT2D eigenvalue weighted by Gasteiger charge is -2.14. The molecule has 84 valence electrons. The number of hydrogen-bond acceptors (Lipinski definition) is 3. The van der Waals surface area contributed by atoms with Gasteiger partial charge in [0, 0.05) is 0 Å². The van der Waals surface area contributed by atoms with Crippen molar-refractivity contribution in [3.05, 3.63) is 23.3 Å². The van der Waals surface area contributed by atoms with Gasteiger partial charge in [0.25, 0.3) is 0 Å². The van der Waals surface area contributed by atoms with Crippen molar-refractivity contribution in [2.24, 2.45) is 0 Å². The van der Waals surface area contributed by atoms with Crippen LogP contribution in [0.25, 0.3) is 0 Å². The average Bonchev–Trinajstić information content (AvgIpc) is 2.20. The molecule has 0 saturated heterocycles. The predicted molar refractivity (Wildman–Crippen MR) is 59.7 cm³/mol. The van der Waals surface area contributed by atoms with Crippen LogP contribution in [0.2, 0.25) is 0 Å². The van der Waals surface area contributed by atoms with Gasteiger partial charge in [-0.15, -0.1) is 0 Å². The molecular weight excluding hydrogens is 192 g/mol. The fourth-order valence-electron chi connectivity index (χ4n) is 1.66. The minimum absolute atomic E-state index is 0.346. The van der Waals surface area contributed by atoms with E-state index in [0.29, 0.717) is 6.42 Å². The second kappa shape index (κ2) is 5.03. The zero-order chi connectivity index (χ0) is 11.4. The number of ether oxygens (including phenoxy) is 2. The maximum Gasteiger partial charge on any atom is 0.163 e. The summed E-state index contributed by atoms with van der Waals surface area (Å²) in [5.74, 6) is 1.47. The summed E-state index contributed by atoms with van der Waals surface area (Å²) in [6, 6.07) is 3.83. The van der Waals surface area contributed by atoms with Crippen LogP contribution in [0.4, 0.5) is 0 Å². The van der Waals surface area contributed by atoms with Crippen molar-refractivity contribution < 1.29 is 14.6 Å². The minimum Gasteiger partial charge on any atom is -0.493 e. The lowest BCUT2D eigenvalue weighted by molar-refractivity contribution is 0.195. The largest absolute Gasteiger partial charge is 0.493 e. The van der Waals surface area contributed by atoms with E-state index >= 15 is 0 Å². The van der Waals surface area contributed by atoms with Crippen LogP contribution in [0, 0.1) is 6.92 Å². The van der Waals surface area contributed by atoms with Crippen LogP contribution in [0.15, 0.2) is 12.1 Å². The molecule has 1 aromatic carbocycles. The molecule has 0 aromatic heterocycles. The van der Waals surface area contributed by atoms with Gasteiger partial charge in [0.05, 0.1) is 20.3 Å². The van der Waals surface area contributed by atoms with Gasteiger partial charge < -0.3 is 14.6 Å². The average molecular weight is 210 g/mol. The molecular formula is C12H18O3. The Balaban J connectivity index is 3.11. The van der Waals surface area contributed by atoms with E-state index in [9.17, 15) is 5.11 Å². The zero-order valence-electron chi connectivity index (χ0n) is 9.70. The first-order chi connectivity index (χ1) is 7.10. The number of aliphatic hydroxyl groups is 1. The van der Waals surface area contributed by atoms with Crippen LogP contribution < -0.4 is 9.47 Å². The number of methoxy groups -OCH3 is 2. The first-order valence-corrected chi connectivity index (χ1v) is 4.98. The lowest BCUT2D eigenvalue weighted by atomic mass is 10.0. The lowest BCUT2D eigenvalue weighted by Crippen LogP contribution is -2.06.